The van der Waals surface area contributed by atoms with Gasteiger partial charge in [0.15, 0.2) is 9.84 Å². The SMILES string of the molecule is CCN(CC)c1ccc(C(F)(F)F)cc1NC(=O)c1ccc(CS(C)(=O)=O)cc1. The summed E-state index contributed by atoms with van der Waals surface area (Å²) in [5.41, 5.74) is 0.433. The largest absolute Gasteiger partial charge is 0.416 e. The minimum Gasteiger partial charge on any atom is -0.370 e. The minimum atomic E-state index is -4.53. The van der Waals surface area contributed by atoms with Crippen LogP contribution >= 0.6 is 0 Å². The fraction of sp³-hybridized carbons (Fsp3) is 0.350. The Hall–Kier alpha value is -2.55. The third-order valence-electron chi connectivity index (χ3n) is 4.32. The van der Waals surface area contributed by atoms with Crippen LogP contribution in [0.2, 0.25) is 0 Å². The lowest BCUT2D eigenvalue weighted by Gasteiger charge is -2.25. The Morgan fingerprint density at radius 3 is 2.10 bits per heavy atom. The van der Waals surface area contributed by atoms with Gasteiger partial charge in [0, 0.05) is 24.9 Å². The first-order valence-corrected chi connectivity index (χ1v) is 11.0. The summed E-state index contributed by atoms with van der Waals surface area (Å²) in [6.07, 6.45) is -3.43. The molecular weight excluding hydrogens is 405 g/mol. The molecule has 2 aromatic rings. The second-order valence-electron chi connectivity index (χ2n) is 6.62. The molecule has 0 aliphatic carbocycles. The number of sulfone groups is 1. The molecule has 0 atom stereocenters. The van der Waals surface area contributed by atoms with Gasteiger partial charge in [-0.15, -0.1) is 0 Å². The van der Waals surface area contributed by atoms with Crippen molar-refractivity contribution in [3.05, 3.63) is 59.2 Å². The van der Waals surface area contributed by atoms with E-state index in [1.165, 1.54) is 30.3 Å². The second-order valence-corrected chi connectivity index (χ2v) is 8.76. The molecule has 0 aromatic heterocycles. The van der Waals surface area contributed by atoms with Crippen molar-refractivity contribution in [2.24, 2.45) is 0 Å². The molecule has 29 heavy (non-hydrogen) atoms. The van der Waals surface area contributed by atoms with E-state index in [9.17, 15) is 26.4 Å². The Morgan fingerprint density at radius 2 is 1.62 bits per heavy atom. The molecule has 158 valence electrons. The Kier molecular flexibility index (Phi) is 6.94. The smallest absolute Gasteiger partial charge is 0.370 e. The minimum absolute atomic E-state index is 0.0636. The van der Waals surface area contributed by atoms with Crippen molar-refractivity contribution >= 4 is 27.1 Å². The fourth-order valence-corrected chi connectivity index (χ4v) is 3.70. The quantitative estimate of drug-likeness (QED) is 0.712. The van der Waals surface area contributed by atoms with E-state index in [-0.39, 0.29) is 17.0 Å². The van der Waals surface area contributed by atoms with Gasteiger partial charge in [-0.2, -0.15) is 13.2 Å². The predicted octanol–water partition coefficient (Wildman–Crippen LogP) is 4.35. The molecule has 0 aliphatic rings. The Morgan fingerprint density at radius 1 is 1.03 bits per heavy atom. The summed E-state index contributed by atoms with van der Waals surface area (Å²) in [6, 6.07) is 9.16. The van der Waals surface area contributed by atoms with Gasteiger partial charge in [-0.1, -0.05) is 12.1 Å². The molecule has 0 bridgehead atoms. The van der Waals surface area contributed by atoms with Crippen LogP contribution in [0.3, 0.4) is 0 Å². The number of halogens is 3. The molecule has 2 rings (SSSR count). The Bertz CT molecular complexity index is 967. The number of hydrogen-bond donors (Lipinski definition) is 1. The van der Waals surface area contributed by atoms with Crippen LogP contribution in [-0.2, 0) is 21.8 Å². The zero-order valence-electron chi connectivity index (χ0n) is 16.4. The molecule has 9 heteroatoms. The molecule has 2 aromatic carbocycles. The van der Waals surface area contributed by atoms with Crippen molar-refractivity contribution in [1.82, 2.24) is 0 Å². The maximum Gasteiger partial charge on any atom is 0.416 e. The average molecular weight is 428 g/mol. The van der Waals surface area contributed by atoms with E-state index in [0.717, 1.165) is 18.4 Å². The lowest BCUT2D eigenvalue weighted by Crippen LogP contribution is -2.24. The first kappa shape index (κ1) is 22.7. The van der Waals surface area contributed by atoms with Gasteiger partial charge in [0.25, 0.3) is 5.91 Å². The lowest BCUT2D eigenvalue weighted by molar-refractivity contribution is -0.137. The number of amides is 1. The van der Waals surface area contributed by atoms with E-state index in [0.29, 0.717) is 24.3 Å². The van der Waals surface area contributed by atoms with Gasteiger partial charge in [0.1, 0.15) is 0 Å². The van der Waals surface area contributed by atoms with E-state index in [2.05, 4.69) is 5.32 Å². The zero-order chi connectivity index (χ0) is 21.8. The highest BCUT2D eigenvalue weighted by Crippen LogP contribution is 2.35. The van der Waals surface area contributed by atoms with Gasteiger partial charge in [-0.25, -0.2) is 8.42 Å². The monoisotopic (exact) mass is 428 g/mol. The van der Waals surface area contributed by atoms with Crippen LogP contribution in [0.15, 0.2) is 42.5 Å². The number of anilines is 2. The van der Waals surface area contributed by atoms with Gasteiger partial charge in [-0.3, -0.25) is 4.79 Å². The van der Waals surface area contributed by atoms with Crippen LogP contribution in [0.1, 0.15) is 35.3 Å². The van der Waals surface area contributed by atoms with Gasteiger partial charge < -0.3 is 10.2 Å². The zero-order valence-corrected chi connectivity index (χ0v) is 17.2. The third-order valence-corrected chi connectivity index (χ3v) is 5.18. The summed E-state index contributed by atoms with van der Waals surface area (Å²) in [6.45, 7) is 4.86. The number of nitrogens with one attached hydrogen (secondary N) is 1. The topological polar surface area (TPSA) is 66.5 Å². The van der Waals surface area contributed by atoms with Crippen LogP contribution in [0.4, 0.5) is 24.5 Å². The summed E-state index contributed by atoms with van der Waals surface area (Å²) >= 11 is 0. The van der Waals surface area contributed by atoms with Gasteiger partial charge in [-0.05, 0) is 49.7 Å². The molecule has 0 radical (unpaired) electrons. The van der Waals surface area contributed by atoms with Crippen molar-refractivity contribution in [1.29, 1.82) is 0 Å². The van der Waals surface area contributed by atoms with Crippen LogP contribution < -0.4 is 10.2 Å². The molecule has 0 heterocycles. The summed E-state index contributed by atoms with van der Waals surface area (Å²) in [5, 5.41) is 2.56. The molecular formula is C20H23F3N2O3S. The molecule has 0 saturated heterocycles. The highest BCUT2D eigenvalue weighted by Gasteiger charge is 2.31. The maximum atomic E-state index is 13.1. The molecule has 0 spiro atoms. The second kappa shape index (κ2) is 8.86. The fourth-order valence-electron chi connectivity index (χ4n) is 2.90. The predicted molar refractivity (Wildman–Crippen MR) is 108 cm³/mol. The highest BCUT2D eigenvalue weighted by molar-refractivity contribution is 7.89. The third kappa shape index (κ3) is 6.22. The molecule has 0 unspecified atom stereocenters. The van der Waals surface area contributed by atoms with Crippen LogP contribution in [-0.4, -0.2) is 33.7 Å². The van der Waals surface area contributed by atoms with Crippen LogP contribution in [0.25, 0.3) is 0 Å². The van der Waals surface area contributed by atoms with Gasteiger partial charge in [0.05, 0.1) is 22.7 Å². The summed E-state index contributed by atoms with van der Waals surface area (Å²) in [5.74, 6) is -0.738. The normalized spacial score (nSPS) is 11.9. The van der Waals surface area contributed by atoms with Gasteiger partial charge >= 0.3 is 6.18 Å². The molecule has 0 aliphatic heterocycles. The first-order chi connectivity index (χ1) is 13.4. The van der Waals surface area contributed by atoms with E-state index < -0.39 is 27.5 Å². The number of rotatable bonds is 7. The van der Waals surface area contributed by atoms with Crippen LogP contribution in [0, 0.1) is 0 Å². The van der Waals surface area contributed by atoms with Crippen LogP contribution in [0.5, 0.6) is 0 Å². The van der Waals surface area contributed by atoms with E-state index >= 15 is 0 Å². The van der Waals surface area contributed by atoms with Crippen molar-refractivity contribution in [2.45, 2.75) is 25.8 Å². The maximum absolute atomic E-state index is 13.1. The van der Waals surface area contributed by atoms with Crippen molar-refractivity contribution < 1.29 is 26.4 Å². The highest BCUT2D eigenvalue weighted by atomic mass is 32.2. The number of nitrogens with zero attached hydrogens (tertiary/aromatic N) is 1. The Balaban J connectivity index is 2.34. The number of carbonyl (C=O) groups is 1. The van der Waals surface area contributed by atoms with Crippen molar-refractivity contribution in [3.63, 3.8) is 0 Å². The number of hydrogen-bond acceptors (Lipinski definition) is 4. The Labute approximate surface area is 168 Å². The summed E-state index contributed by atoms with van der Waals surface area (Å²) in [7, 11) is -3.21. The van der Waals surface area contributed by atoms with E-state index in [1.54, 1.807) is 0 Å². The van der Waals surface area contributed by atoms with E-state index in [1.807, 2.05) is 18.7 Å². The molecule has 0 saturated carbocycles. The van der Waals surface area contributed by atoms with E-state index in [4.69, 9.17) is 0 Å². The molecule has 1 amide bonds. The number of alkyl halides is 3. The molecule has 5 nitrogen and oxygen atoms in total. The van der Waals surface area contributed by atoms with Crippen molar-refractivity contribution in [3.8, 4) is 0 Å². The molecule has 0 fully saturated rings. The summed E-state index contributed by atoms with van der Waals surface area (Å²) in [4.78, 5) is 14.4. The van der Waals surface area contributed by atoms with Gasteiger partial charge in [0.2, 0.25) is 0 Å². The lowest BCUT2D eigenvalue weighted by atomic mass is 10.1. The standard InChI is InChI=1S/C20H23F3N2O3S/c1-4-25(5-2)18-11-10-16(20(21,22)23)12-17(18)24-19(26)15-8-6-14(7-9-15)13-29(3,27)28/h6-12H,4-5,13H2,1-3H3,(H,24,26). The molecule has 1 N–H and O–H groups in total. The average Bonchev–Trinajstić information content (AvgIpc) is 2.62. The number of carbonyl (C=O) groups excluding carboxylic acids is 1. The summed E-state index contributed by atoms with van der Waals surface area (Å²) < 4.78 is 62.1. The number of benzene rings is 2. The first-order valence-electron chi connectivity index (χ1n) is 8.98. The van der Waals surface area contributed by atoms with Crippen molar-refractivity contribution in [2.75, 3.05) is 29.6 Å².